The van der Waals surface area contributed by atoms with Crippen molar-refractivity contribution in [2.75, 3.05) is 16.9 Å². The van der Waals surface area contributed by atoms with E-state index in [1.165, 1.54) is 10.5 Å². The fourth-order valence-corrected chi connectivity index (χ4v) is 2.94. The van der Waals surface area contributed by atoms with E-state index in [9.17, 15) is 0 Å². The normalized spacial score (nSPS) is 11.8. The molecule has 1 atom stereocenters. The Morgan fingerprint density at radius 2 is 1.77 bits per heavy atom. The van der Waals surface area contributed by atoms with Crippen molar-refractivity contribution in [2.45, 2.75) is 31.1 Å². The Morgan fingerprint density at radius 3 is 2.41 bits per heavy atom. The zero-order chi connectivity index (χ0) is 15.9. The molecular weight excluding hydrogens is 308 g/mol. The Kier molecular flexibility index (Phi) is 6.28. The maximum absolute atomic E-state index is 5.40. The lowest BCUT2D eigenvalue weighted by atomic mass is 9.99. The second-order valence-corrected chi connectivity index (χ2v) is 6.47. The quantitative estimate of drug-likeness (QED) is 0.540. The number of thioether (sulfide) groups is 1. The molecule has 22 heavy (non-hydrogen) atoms. The van der Waals surface area contributed by atoms with Gasteiger partial charge in [-0.2, -0.15) is 0 Å². The van der Waals surface area contributed by atoms with E-state index in [0.717, 1.165) is 17.8 Å². The SMILES string of the molecule is CC[C@@H](C)c1ccc(NC(=S)Nc2ccccc2SC)cc1. The molecule has 4 heteroatoms. The molecule has 2 aromatic carbocycles. The van der Waals surface area contributed by atoms with Crippen LogP contribution in [-0.2, 0) is 0 Å². The highest BCUT2D eigenvalue weighted by Crippen LogP contribution is 2.25. The Labute approximate surface area is 142 Å². The molecule has 0 saturated carbocycles. The van der Waals surface area contributed by atoms with Gasteiger partial charge < -0.3 is 10.6 Å². The molecule has 0 radical (unpaired) electrons. The monoisotopic (exact) mass is 330 g/mol. The summed E-state index contributed by atoms with van der Waals surface area (Å²) in [7, 11) is 0. The van der Waals surface area contributed by atoms with Crippen LogP contribution in [0.1, 0.15) is 31.7 Å². The Morgan fingerprint density at radius 1 is 1.09 bits per heavy atom. The molecule has 0 aliphatic rings. The van der Waals surface area contributed by atoms with E-state index >= 15 is 0 Å². The van der Waals surface area contributed by atoms with Gasteiger partial charge in [-0.3, -0.25) is 0 Å². The van der Waals surface area contributed by atoms with Crippen molar-refractivity contribution < 1.29 is 0 Å². The van der Waals surface area contributed by atoms with Gasteiger partial charge in [0.15, 0.2) is 5.11 Å². The van der Waals surface area contributed by atoms with E-state index in [1.807, 2.05) is 18.2 Å². The van der Waals surface area contributed by atoms with Gasteiger partial charge in [0, 0.05) is 10.6 Å². The second-order valence-electron chi connectivity index (χ2n) is 5.21. The van der Waals surface area contributed by atoms with Gasteiger partial charge in [0.1, 0.15) is 0 Å². The first kappa shape index (κ1) is 16.8. The molecule has 0 bridgehead atoms. The van der Waals surface area contributed by atoms with Crippen LogP contribution in [0.4, 0.5) is 11.4 Å². The summed E-state index contributed by atoms with van der Waals surface area (Å²) in [5.41, 5.74) is 3.40. The first-order valence-corrected chi connectivity index (χ1v) is 9.08. The number of anilines is 2. The van der Waals surface area contributed by atoms with E-state index in [4.69, 9.17) is 12.2 Å². The summed E-state index contributed by atoms with van der Waals surface area (Å²) in [4.78, 5) is 1.18. The molecule has 2 aromatic rings. The predicted octanol–water partition coefficient (Wildman–Crippen LogP) is 5.73. The summed E-state index contributed by atoms with van der Waals surface area (Å²) >= 11 is 7.10. The van der Waals surface area contributed by atoms with Crippen molar-refractivity contribution in [2.24, 2.45) is 0 Å². The molecule has 2 nitrogen and oxygen atoms in total. The van der Waals surface area contributed by atoms with Gasteiger partial charge in [-0.25, -0.2) is 0 Å². The fourth-order valence-electron chi connectivity index (χ4n) is 2.16. The van der Waals surface area contributed by atoms with Crippen LogP contribution in [0.15, 0.2) is 53.4 Å². The fraction of sp³-hybridized carbons (Fsp3) is 0.278. The van der Waals surface area contributed by atoms with Crippen molar-refractivity contribution in [1.82, 2.24) is 0 Å². The molecule has 0 spiro atoms. The van der Waals surface area contributed by atoms with Gasteiger partial charge in [-0.1, -0.05) is 38.1 Å². The van der Waals surface area contributed by atoms with E-state index in [0.29, 0.717) is 11.0 Å². The summed E-state index contributed by atoms with van der Waals surface area (Å²) in [5.74, 6) is 0.590. The summed E-state index contributed by atoms with van der Waals surface area (Å²) in [6.45, 7) is 4.45. The summed E-state index contributed by atoms with van der Waals surface area (Å²) < 4.78 is 0. The minimum Gasteiger partial charge on any atom is -0.332 e. The van der Waals surface area contributed by atoms with Crippen LogP contribution in [0.5, 0.6) is 0 Å². The van der Waals surface area contributed by atoms with Crippen LogP contribution >= 0.6 is 24.0 Å². The lowest BCUT2D eigenvalue weighted by Crippen LogP contribution is -2.19. The molecule has 0 unspecified atom stereocenters. The number of hydrogen-bond donors (Lipinski definition) is 2. The standard InChI is InChI=1S/C18H22N2S2/c1-4-13(2)14-9-11-15(12-10-14)19-18(21)20-16-7-5-6-8-17(16)22-3/h5-13H,4H2,1-3H3,(H2,19,20,21)/t13-/m1/s1. The Balaban J connectivity index is 2.00. The number of nitrogens with one attached hydrogen (secondary N) is 2. The summed E-state index contributed by atoms with van der Waals surface area (Å²) in [6, 6.07) is 16.6. The van der Waals surface area contributed by atoms with E-state index in [1.54, 1.807) is 11.8 Å². The number of thiocarbonyl (C=S) groups is 1. The van der Waals surface area contributed by atoms with Crippen molar-refractivity contribution in [3.63, 3.8) is 0 Å². The minimum atomic E-state index is 0.590. The molecule has 0 saturated heterocycles. The van der Waals surface area contributed by atoms with Gasteiger partial charge in [-0.05, 0) is 60.6 Å². The molecule has 0 fully saturated rings. The summed E-state index contributed by atoms with van der Waals surface area (Å²) in [5, 5.41) is 7.10. The topological polar surface area (TPSA) is 24.1 Å². The van der Waals surface area contributed by atoms with Crippen LogP contribution in [0.3, 0.4) is 0 Å². The highest BCUT2D eigenvalue weighted by atomic mass is 32.2. The van der Waals surface area contributed by atoms with Crippen LogP contribution in [-0.4, -0.2) is 11.4 Å². The third-order valence-corrected chi connectivity index (χ3v) is 4.71. The zero-order valence-electron chi connectivity index (χ0n) is 13.2. The molecular formula is C18H22N2S2. The highest BCUT2D eigenvalue weighted by Gasteiger charge is 2.05. The maximum atomic E-state index is 5.40. The molecule has 0 aliphatic heterocycles. The lowest BCUT2D eigenvalue weighted by Gasteiger charge is -2.14. The number of para-hydroxylation sites is 1. The molecule has 0 aromatic heterocycles. The first-order chi connectivity index (χ1) is 10.6. The van der Waals surface area contributed by atoms with Crippen LogP contribution < -0.4 is 10.6 Å². The predicted molar refractivity (Wildman–Crippen MR) is 103 cm³/mol. The van der Waals surface area contributed by atoms with Crippen molar-refractivity contribution >= 4 is 40.5 Å². The average molecular weight is 331 g/mol. The molecule has 0 heterocycles. The highest BCUT2D eigenvalue weighted by molar-refractivity contribution is 7.98. The van der Waals surface area contributed by atoms with Gasteiger partial charge >= 0.3 is 0 Å². The largest absolute Gasteiger partial charge is 0.332 e. The Hall–Kier alpha value is -1.52. The number of rotatable bonds is 5. The Bertz CT molecular complexity index is 623. The minimum absolute atomic E-state index is 0.590. The smallest absolute Gasteiger partial charge is 0.175 e. The molecule has 116 valence electrons. The van der Waals surface area contributed by atoms with Crippen LogP contribution in [0.2, 0.25) is 0 Å². The number of hydrogen-bond acceptors (Lipinski definition) is 2. The second kappa shape index (κ2) is 8.20. The van der Waals surface area contributed by atoms with Crippen LogP contribution in [0, 0.1) is 0 Å². The van der Waals surface area contributed by atoms with E-state index in [-0.39, 0.29) is 0 Å². The number of benzene rings is 2. The zero-order valence-corrected chi connectivity index (χ0v) is 14.9. The third kappa shape index (κ3) is 4.49. The molecule has 0 amide bonds. The average Bonchev–Trinajstić information content (AvgIpc) is 2.55. The first-order valence-electron chi connectivity index (χ1n) is 7.45. The maximum Gasteiger partial charge on any atom is 0.175 e. The van der Waals surface area contributed by atoms with Gasteiger partial charge in [0.05, 0.1) is 5.69 Å². The van der Waals surface area contributed by atoms with Gasteiger partial charge in [0.2, 0.25) is 0 Å². The van der Waals surface area contributed by atoms with E-state index in [2.05, 4.69) is 61.1 Å². The van der Waals surface area contributed by atoms with E-state index < -0.39 is 0 Å². The van der Waals surface area contributed by atoms with Crippen molar-refractivity contribution in [3.05, 3.63) is 54.1 Å². The molecule has 0 aliphatic carbocycles. The van der Waals surface area contributed by atoms with Crippen molar-refractivity contribution in [1.29, 1.82) is 0 Å². The summed E-state index contributed by atoms with van der Waals surface area (Å²) in [6.07, 6.45) is 3.21. The molecule has 2 N–H and O–H groups in total. The van der Waals surface area contributed by atoms with Gasteiger partial charge in [-0.15, -0.1) is 11.8 Å². The van der Waals surface area contributed by atoms with Crippen LogP contribution in [0.25, 0.3) is 0 Å². The van der Waals surface area contributed by atoms with Crippen molar-refractivity contribution in [3.8, 4) is 0 Å². The third-order valence-electron chi connectivity index (χ3n) is 3.71. The van der Waals surface area contributed by atoms with Gasteiger partial charge in [0.25, 0.3) is 0 Å². The molecule has 2 rings (SSSR count). The lowest BCUT2D eigenvalue weighted by molar-refractivity contribution is 0.734.